The van der Waals surface area contributed by atoms with Gasteiger partial charge in [-0.2, -0.15) is 8.99 Å². The number of anilines is 1. The number of hydrogen-bond acceptors (Lipinski definition) is 7. The summed E-state index contributed by atoms with van der Waals surface area (Å²) < 4.78 is 62.0. The standard InChI is InChI=1S/C19H18F2N6O4S/c1-12-23-24-25-27(12)13-2-4-17(21)18(10-13)22-19(28)15-11-14(3-5-16(15)20)32(29,30)26-6-8-31-9-7-26/h2-5,10-11H,6-9H2,1H3,(H,22,28). The molecule has 1 amide bonds. The molecule has 1 aliphatic rings. The molecule has 0 unspecified atom stereocenters. The fraction of sp³-hybridized carbons (Fsp3) is 0.263. The number of nitrogens with zero attached hydrogens (tertiary/aromatic N) is 5. The van der Waals surface area contributed by atoms with Crippen molar-refractivity contribution < 1.29 is 26.7 Å². The van der Waals surface area contributed by atoms with Gasteiger partial charge >= 0.3 is 0 Å². The van der Waals surface area contributed by atoms with Crippen molar-refractivity contribution in [2.45, 2.75) is 11.8 Å². The number of benzene rings is 2. The second-order valence-electron chi connectivity index (χ2n) is 6.91. The number of aryl methyl sites for hydroxylation is 1. The summed E-state index contributed by atoms with van der Waals surface area (Å²) in [4.78, 5) is 12.5. The second-order valence-corrected chi connectivity index (χ2v) is 8.85. The predicted molar refractivity (Wildman–Crippen MR) is 108 cm³/mol. The zero-order chi connectivity index (χ0) is 22.9. The molecule has 1 N–H and O–H groups in total. The van der Waals surface area contributed by atoms with Crippen LogP contribution in [0.5, 0.6) is 0 Å². The molecule has 4 rings (SSSR count). The first kappa shape index (κ1) is 21.9. The van der Waals surface area contributed by atoms with Crippen LogP contribution in [0.2, 0.25) is 0 Å². The number of ether oxygens (including phenoxy) is 1. The minimum atomic E-state index is -3.95. The summed E-state index contributed by atoms with van der Waals surface area (Å²) in [6.45, 7) is 2.41. The number of amides is 1. The number of nitrogens with one attached hydrogen (secondary N) is 1. The molecular formula is C19H18F2N6O4S. The van der Waals surface area contributed by atoms with E-state index in [4.69, 9.17) is 4.74 Å². The van der Waals surface area contributed by atoms with Gasteiger partial charge in [-0.1, -0.05) is 0 Å². The first-order chi connectivity index (χ1) is 15.3. The lowest BCUT2D eigenvalue weighted by Crippen LogP contribution is -2.40. The van der Waals surface area contributed by atoms with Crippen LogP contribution in [-0.4, -0.2) is 65.1 Å². The first-order valence-corrected chi connectivity index (χ1v) is 10.9. The van der Waals surface area contributed by atoms with E-state index in [1.54, 1.807) is 6.92 Å². The Kier molecular flexibility index (Phi) is 5.95. The third-order valence-corrected chi connectivity index (χ3v) is 6.75. The molecular weight excluding hydrogens is 446 g/mol. The number of aromatic nitrogens is 4. The van der Waals surface area contributed by atoms with Crippen LogP contribution in [0.15, 0.2) is 41.3 Å². The van der Waals surface area contributed by atoms with Crippen LogP contribution in [0.1, 0.15) is 16.2 Å². The van der Waals surface area contributed by atoms with Crippen molar-refractivity contribution in [3.05, 3.63) is 59.4 Å². The summed E-state index contributed by atoms with van der Waals surface area (Å²) in [5.41, 5.74) is -0.417. The lowest BCUT2D eigenvalue weighted by atomic mass is 10.2. The van der Waals surface area contributed by atoms with Crippen molar-refractivity contribution in [1.29, 1.82) is 0 Å². The van der Waals surface area contributed by atoms with Gasteiger partial charge in [-0.3, -0.25) is 4.79 Å². The summed E-state index contributed by atoms with van der Waals surface area (Å²) >= 11 is 0. The molecule has 0 bridgehead atoms. The number of hydrogen-bond donors (Lipinski definition) is 1. The Morgan fingerprint density at radius 3 is 2.50 bits per heavy atom. The van der Waals surface area contributed by atoms with Crippen LogP contribution in [0.3, 0.4) is 0 Å². The molecule has 2 heterocycles. The Hall–Kier alpha value is -3.29. The highest BCUT2D eigenvalue weighted by Crippen LogP contribution is 2.23. The normalized spacial score (nSPS) is 15.0. The van der Waals surface area contributed by atoms with Crippen molar-refractivity contribution in [3.8, 4) is 5.69 Å². The molecule has 0 radical (unpaired) electrons. The summed E-state index contributed by atoms with van der Waals surface area (Å²) in [5.74, 6) is -2.30. The minimum absolute atomic E-state index is 0.149. The average molecular weight is 464 g/mol. The largest absolute Gasteiger partial charge is 0.379 e. The van der Waals surface area contributed by atoms with Crippen molar-refractivity contribution in [2.24, 2.45) is 0 Å². The van der Waals surface area contributed by atoms with Crippen LogP contribution in [-0.2, 0) is 14.8 Å². The summed E-state index contributed by atoms with van der Waals surface area (Å²) in [6.07, 6.45) is 0. The highest BCUT2D eigenvalue weighted by molar-refractivity contribution is 7.89. The van der Waals surface area contributed by atoms with E-state index in [9.17, 15) is 22.0 Å². The molecule has 2 aromatic carbocycles. The minimum Gasteiger partial charge on any atom is -0.379 e. The van der Waals surface area contributed by atoms with Crippen molar-refractivity contribution in [3.63, 3.8) is 0 Å². The van der Waals surface area contributed by atoms with E-state index in [0.29, 0.717) is 11.5 Å². The average Bonchev–Trinajstić information content (AvgIpc) is 3.22. The molecule has 1 aliphatic heterocycles. The maximum atomic E-state index is 14.4. The fourth-order valence-corrected chi connectivity index (χ4v) is 4.61. The van der Waals surface area contributed by atoms with Crippen LogP contribution in [0.25, 0.3) is 5.69 Å². The lowest BCUT2D eigenvalue weighted by Gasteiger charge is -2.26. The number of tetrazole rings is 1. The molecule has 13 heteroatoms. The Labute approximate surface area is 181 Å². The van der Waals surface area contributed by atoms with Gasteiger partial charge in [-0.25, -0.2) is 17.2 Å². The Balaban J connectivity index is 1.63. The molecule has 0 saturated carbocycles. The van der Waals surface area contributed by atoms with E-state index in [1.165, 1.54) is 21.1 Å². The Morgan fingerprint density at radius 1 is 1.09 bits per heavy atom. The molecule has 3 aromatic rings. The summed E-state index contributed by atoms with van der Waals surface area (Å²) in [6, 6.07) is 6.69. The highest BCUT2D eigenvalue weighted by atomic mass is 32.2. The number of halogens is 2. The highest BCUT2D eigenvalue weighted by Gasteiger charge is 2.28. The van der Waals surface area contributed by atoms with Crippen LogP contribution >= 0.6 is 0 Å². The SMILES string of the molecule is Cc1nnnn1-c1ccc(F)c(NC(=O)c2cc(S(=O)(=O)N3CCOCC3)ccc2F)c1. The zero-order valence-corrected chi connectivity index (χ0v) is 17.6. The van der Waals surface area contributed by atoms with Crippen LogP contribution < -0.4 is 5.32 Å². The number of carbonyl (C=O) groups is 1. The third-order valence-electron chi connectivity index (χ3n) is 4.86. The molecule has 10 nitrogen and oxygen atoms in total. The van der Waals surface area contributed by atoms with Crippen molar-refractivity contribution in [2.75, 3.05) is 31.6 Å². The third kappa shape index (κ3) is 4.22. The summed E-state index contributed by atoms with van der Waals surface area (Å²) in [5, 5.41) is 13.3. The molecule has 32 heavy (non-hydrogen) atoms. The van der Waals surface area contributed by atoms with Crippen LogP contribution in [0.4, 0.5) is 14.5 Å². The van der Waals surface area contributed by atoms with Crippen molar-refractivity contribution in [1.82, 2.24) is 24.5 Å². The molecule has 0 spiro atoms. The van der Waals surface area contributed by atoms with Gasteiger partial charge < -0.3 is 10.1 Å². The molecule has 1 fully saturated rings. The number of rotatable bonds is 5. The maximum Gasteiger partial charge on any atom is 0.258 e. The van der Waals surface area contributed by atoms with Crippen molar-refractivity contribution >= 4 is 21.6 Å². The number of carbonyl (C=O) groups excluding carboxylic acids is 1. The van der Waals surface area contributed by atoms with E-state index in [0.717, 1.165) is 24.3 Å². The monoisotopic (exact) mass is 464 g/mol. The molecule has 1 saturated heterocycles. The zero-order valence-electron chi connectivity index (χ0n) is 16.8. The Morgan fingerprint density at radius 2 is 1.81 bits per heavy atom. The fourth-order valence-electron chi connectivity index (χ4n) is 3.18. The second kappa shape index (κ2) is 8.68. The van der Waals surface area contributed by atoms with Gasteiger partial charge in [0.15, 0.2) is 5.82 Å². The predicted octanol–water partition coefficient (Wildman–Crippen LogP) is 1.52. The van der Waals surface area contributed by atoms with E-state index < -0.39 is 33.1 Å². The number of sulfonamides is 1. The van der Waals surface area contributed by atoms with Gasteiger partial charge in [0.2, 0.25) is 10.0 Å². The quantitative estimate of drug-likeness (QED) is 0.608. The van der Waals surface area contributed by atoms with Gasteiger partial charge in [0.05, 0.1) is 35.0 Å². The van der Waals surface area contributed by atoms with E-state index >= 15 is 0 Å². The van der Waals surface area contributed by atoms with Crippen LogP contribution in [0, 0.1) is 18.6 Å². The van der Waals surface area contributed by atoms with Gasteiger partial charge in [0, 0.05) is 13.1 Å². The van der Waals surface area contributed by atoms with E-state index in [2.05, 4.69) is 20.8 Å². The van der Waals surface area contributed by atoms with E-state index in [1.807, 2.05) is 0 Å². The molecule has 0 atom stereocenters. The summed E-state index contributed by atoms with van der Waals surface area (Å²) in [7, 11) is -3.95. The maximum absolute atomic E-state index is 14.4. The van der Waals surface area contributed by atoms with Gasteiger partial charge in [-0.15, -0.1) is 5.10 Å². The van der Waals surface area contributed by atoms with Gasteiger partial charge in [-0.05, 0) is 53.7 Å². The molecule has 0 aliphatic carbocycles. The smallest absolute Gasteiger partial charge is 0.258 e. The number of morpholine rings is 1. The Bertz CT molecular complexity index is 1270. The van der Waals surface area contributed by atoms with Gasteiger partial charge in [0.25, 0.3) is 5.91 Å². The van der Waals surface area contributed by atoms with Gasteiger partial charge in [0.1, 0.15) is 11.6 Å². The lowest BCUT2D eigenvalue weighted by molar-refractivity contribution is 0.0730. The topological polar surface area (TPSA) is 119 Å². The van der Waals surface area contributed by atoms with E-state index in [-0.39, 0.29) is 36.9 Å². The first-order valence-electron chi connectivity index (χ1n) is 9.51. The molecule has 1 aromatic heterocycles. The molecule has 168 valence electrons.